The molecular formula is C38H32N4O2Si. The van der Waals surface area contributed by atoms with Crippen LogP contribution in [-0.4, -0.2) is 18.9 Å². The molecule has 45 heavy (non-hydrogen) atoms. The average Bonchev–Trinajstić information content (AvgIpc) is 3.54. The standard InChI is InChI=1S/C38H32N4O2Si/c1-25-19-35-37(21-27(25)3)43-45(41(35)31-15-17-33(39-23-31)29-11-7-5-8-12-29)42(36-20-26(2)28(4)22-38(36)44-45)32-16-18-34(40-24-32)30-13-9-6-10-14-30/h5-24H,1-4H3. The lowest BCUT2D eigenvalue weighted by Gasteiger charge is -2.35. The summed E-state index contributed by atoms with van der Waals surface area (Å²) >= 11 is 0. The maximum Gasteiger partial charge on any atom is 0.734 e. The number of rotatable bonds is 4. The van der Waals surface area contributed by atoms with Gasteiger partial charge in [0.1, 0.15) is 11.5 Å². The smallest absolute Gasteiger partial charge is 0.478 e. The molecule has 6 nitrogen and oxygen atoms in total. The zero-order chi connectivity index (χ0) is 30.7. The molecule has 2 aliphatic heterocycles. The average molecular weight is 605 g/mol. The van der Waals surface area contributed by atoms with Gasteiger partial charge in [0.2, 0.25) is 0 Å². The minimum Gasteiger partial charge on any atom is -0.478 e. The molecule has 0 saturated carbocycles. The van der Waals surface area contributed by atoms with Gasteiger partial charge in [0.05, 0.1) is 46.5 Å². The Morgan fingerprint density at radius 3 is 1.27 bits per heavy atom. The van der Waals surface area contributed by atoms with E-state index in [2.05, 4.69) is 110 Å². The van der Waals surface area contributed by atoms with Crippen molar-refractivity contribution < 1.29 is 8.85 Å². The highest BCUT2D eigenvalue weighted by Gasteiger charge is 2.68. The van der Waals surface area contributed by atoms with E-state index in [1.54, 1.807) is 0 Å². The molecule has 2 aliphatic rings. The number of anilines is 4. The van der Waals surface area contributed by atoms with Crippen molar-refractivity contribution in [2.45, 2.75) is 27.7 Å². The molecule has 0 saturated heterocycles. The van der Waals surface area contributed by atoms with Crippen LogP contribution in [0.25, 0.3) is 22.5 Å². The van der Waals surface area contributed by atoms with E-state index in [0.717, 1.165) is 56.8 Å². The molecule has 4 aromatic carbocycles. The van der Waals surface area contributed by atoms with Crippen LogP contribution in [0, 0.1) is 27.7 Å². The summed E-state index contributed by atoms with van der Waals surface area (Å²) in [5, 5.41) is 0. The highest BCUT2D eigenvalue weighted by atomic mass is 28.4. The zero-order valence-electron chi connectivity index (χ0n) is 25.7. The van der Waals surface area contributed by atoms with E-state index >= 15 is 0 Å². The molecule has 2 aromatic heterocycles. The summed E-state index contributed by atoms with van der Waals surface area (Å²) in [4.78, 5) is 9.84. The van der Waals surface area contributed by atoms with Crippen molar-refractivity contribution in [3.05, 3.63) is 144 Å². The summed E-state index contributed by atoms with van der Waals surface area (Å²) in [5.41, 5.74) is 12.4. The first kappa shape index (κ1) is 27.2. The number of aromatic nitrogens is 2. The van der Waals surface area contributed by atoms with Crippen LogP contribution in [0.1, 0.15) is 22.3 Å². The predicted molar refractivity (Wildman–Crippen MR) is 182 cm³/mol. The van der Waals surface area contributed by atoms with E-state index in [-0.39, 0.29) is 0 Å². The van der Waals surface area contributed by atoms with E-state index < -0.39 is 8.88 Å². The number of pyridine rings is 2. The van der Waals surface area contributed by atoms with Crippen molar-refractivity contribution in [1.82, 2.24) is 9.97 Å². The lowest BCUT2D eigenvalue weighted by molar-refractivity contribution is 0.413. The van der Waals surface area contributed by atoms with Crippen molar-refractivity contribution >= 4 is 31.6 Å². The number of fused-ring (bicyclic) bond motifs is 2. The molecule has 0 unspecified atom stereocenters. The van der Waals surface area contributed by atoms with Crippen LogP contribution < -0.4 is 18.0 Å². The maximum absolute atomic E-state index is 7.13. The van der Waals surface area contributed by atoms with Crippen LogP contribution in [0.15, 0.2) is 122 Å². The monoisotopic (exact) mass is 604 g/mol. The lowest BCUT2D eigenvalue weighted by atomic mass is 10.1. The first-order chi connectivity index (χ1) is 21.9. The van der Waals surface area contributed by atoms with Gasteiger partial charge in [-0.15, -0.1) is 0 Å². The molecule has 6 aromatic rings. The van der Waals surface area contributed by atoms with Crippen molar-refractivity contribution in [1.29, 1.82) is 0 Å². The Morgan fingerprint density at radius 2 is 0.889 bits per heavy atom. The van der Waals surface area contributed by atoms with Crippen LogP contribution in [-0.2, 0) is 0 Å². The molecule has 0 atom stereocenters. The van der Waals surface area contributed by atoms with Crippen LogP contribution >= 0.6 is 0 Å². The third kappa shape index (κ3) is 4.38. The van der Waals surface area contributed by atoms with E-state index in [0.29, 0.717) is 0 Å². The summed E-state index contributed by atoms with van der Waals surface area (Å²) in [6.07, 6.45) is 3.87. The Morgan fingerprint density at radius 1 is 0.489 bits per heavy atom. The van der Waals surface area contributed by atoms with E-state index in [4.69, 9.17) is 18.8 Å². The number of benzene rings is 4. The van der Waals surface area contributed by atoms with Gasteiger partial charge in [0.15, 0.2) is 0 Å². The topological polar surface area (TPSA) is 50.7 Å². The second kappa shape index (κ2) is 10.4. The summed E-state index contributed by atoms with van der Waals surface area (Å²) in [6, 6.07) is 37.5. The first-order valence-corrected chi connectivity index (χ1v) is 16.9. The minimum atomic E-state index is -3.52. The van der Waals surface area contributed by atoms with E-state index in [1.807, 2.05) is 48.8 Å². The van der Waals surface area contributed by atoms with Gasteiger partial charge in [-0.3, -0.25) is 19.1 Å². The Kier molecular flexibility index (Phi) is 6.25. The normalized spacial score (nSPS) is 14.2. The van der Waals surface area contributed by atoms with Crippen molar-refractivity contribution in [3.8, 4) is 34.0 Å². The fourth-order valence-corrected chi connectivity index (χ4v) is 9.54. The Bertz CT molecular complexity index is 1900. The second-order valence-electron chi connectivity index (χ2n) is 11.8. The molecule has 4 heterocycles. The highest BCUT2D eigenvalue weighted by molar-refractivity contribution is 6.81. The molecule has 220 valence electrons. The lowest BCUT2D eigenvalue weighted by Crippen LogP contribution is -2.67. The quantitative estimate of drug-likeness (QED) is 0.187. The zero-order valence-corrected chi connectivity index (χ0v) is 26.7. The van der Waals surface area contributed by atoms with Gasteiger partial charge in [-0.05, 0) is 98.5 Å². The van der Waals surface area contributed by atoms with Crippen molar-refractivity contribution in [2.24, 2.45) is 0 Å². The summed E-state index contributed by atoms with van der Waals surface area (Å²) < 4.78 is 18.8. The third-order valence-corrected chi connectivity index (χ3v) is 11.9. The molecule has 1 spiro atoms. The van der Waals surface area contributed by atoms with Crippen molar-refractivity contribution in [2.75, 3.05) is 9.13 Å². The second-order valence-corrected chi connectivity index (χ2v) is 14.2. The molecule has 0 fully saturated rings. The van der Waals surface area contributed by atoms with E-state index in [1.165, 1.54) is 22.3 Å². The van der Waals surface area contributed by atoms with Gasteiger partial charge in [-0.1, -0.05) is 60.7 Å². The molecule has 0 aliphatic carbocycles. The number of hydrogen-bond acceptors (Lipinski definition) is 6. The van der Waals surface area contributed by atoms with Gasteiger partial charge in [-0.25, -0.2) is 0 Å². The molecule has 0 bridgehead atoms. The minimum absolute atomic E-state index is 0.803. The van der Waals surface area contributed by atoms with Gasteiger partial charge < -0.3 is 8.85 Å². The number of aryl methyl sites for hydroxylation is 4. The van der Waals surface area contributed by atoms with Gasteiger partial charge in [-0.2, -0.15) is 0 Å². The molecular weight excluding hydrogens is 573 g/mol. The van der Waals surface area contributed by atoms with Gasteiger partial charge in [0, 0.05) is 11.1 Å². The van der Waals surface area contributed by atoms with Crippen molar-refractivity contribution in [3.63, 3.8) is 0 Å². The predicted octanol–water partition coefficient (Wildman–Crippen LogP) is 9.24. The molecule has 0 radical (unpaired) electrons. The molecule has 8 rings (SSSR count). The van der Waals surface area contributed by atoms with Gasteiger partial charge >= 0.3 is 8.88 Å². The Hall–Kier alpha value is -5.40. The van der Waals surface area contributed by atoms with Crippen LogP contribution in [0.4, 0.5) is 22.7 Å². The van der Waals surface area contributed by atoms with Crippen LogP contribution in [0.5, 0.6) is 11.5 Å². The summed E-state index contributed by atoms with van der Waals surface area (Å²) in [7, 11) is -3.52. The highest BCUT2D eigenvalue weighted by Crippen LogP contribution is 2.55. The van der Waals surface area contributed by atoms with E-state index in [9.17, 15) is 0 Å². The summed E-state index contributed by atoms with van der Waals surface area (Å²) in [5.74, 6) is 1.61. The van der Waals surface area contributed by atoms with Crippen LogP contribution in [0.3, 0.4) is 0 Å². The largest absolute Gasteiger partial charge is 0.734 e. The molecule has 7 heteroatoms. The Balaban J connectivity index is 1.32. The Labute approximate surface area is 264 Å². The SMILES string of the molecule is Cc1cc2c(cc1C)N(c1ccc(-c3ccccc3)nc1)[Si]1(O2)Oc2cc(C)c(C)cc2N1c1ccc(-c2ccccc2)nc1. The molecule has 0 N–H and O–H groups in total. The number of hydrogen-bond donors (Lipinski definition) is 0. The first-order valence-electron chi connectivity index (χ1n) is 15.2. The third-order valence-electron chi connectivity index (χ3n) is 8.83. The summed E-state index contributed by atoms with van der Waals surface area (Å²) in [6.45, 7) is 8.51. The van der Waals surface area contributed by atoms with Gasteiger partial charge in [0.25, 0.3) is 0 Å². The fourth-order valence-electron chi connectivity index (χ4n) is 6.16. The fraction of sp³-hybridized carbons (Fsp3) is 0.105. The number of nitrogens with zero attached hydrogens (tertiary/aromatic N) is 4. The molecule has 0 amide bonds. The van der Waals surface area contributed by atoms with Crippen LogP contribution in [0.2, 0.25) is 0 Å². The maximum atomic E-state index is 7.13.